The van der Waals surface area contributed by atoms with Crippen LogP contribution in [0.15, 0.2) is 48.5 Å². The largest absolute Gasteiger partial charge is 0.147 e. The zero-order chi connectivity index (χ0) is 16.8. The summed E-state index contributed by atoms with van der Waals surface area (Å²) in [6.45, 7) is 4.46. The maximum Gasteiger partial charge on any atom is -0.0102 e. The predicted molar refractivity (Wildman–Crippen MR) is 115 cm³/mol. The number of hydrogen-bond acceptors (Lipinski definition) is 0. The van der Waals surface area contributed by atoms with Gasteiger partial charge in [0.1, 0.15) is 0 Å². The Kier molecular flexibility index (Phi) is 7.78. The van der Waals surface area contributed by atoms with Crippen LogP contribution in [0.1, 0.15) is 63.5 Å². The van der Waals surface area contributed by atoms with Crippen molar-refractivity contribution in [2.75, 3.05) is 0 Å². The average Bonchev–Trinajstić information content (AvgIpc) is 2.66. The molecule has 1 aliphatic carbocycles. The van der Waals surface area contributed by atoms with Gasteiger partial charge in [-0.05, 0) is 58.4 Å². The molecule has 0 aromatic heterocycles. The summed E-state index contributed by atoms with van der Waals surface area (Å²) < 4.78 is 0. The second kappa shape index (κ2) is 9.82. The maximum atomic E-state index is 2.35. The van der Waals surface area contributed by atoms with Crippen LogP contribution in [0, 0.1) is 0 Å². The summed E-state index contributed by atoms with van der Waals surface area (Å²) in [4.78, 5) is 0. The third-order valence-corrected chi connectivity index (χ3v) is 5.21. The number of halogens is 1. The molecule has 3 aromatic carbocycles. The van der Waals surface area contributed by atoms with Gasteiger partial charge in [-0.25, -0.2) is 0 Å². The van der Waals surface area contributed by atoms with E-state index in [2.05, 4.69) is 62.4 Å². The highest BCUT2D eigenvalue weighted by Crippen LogP contribution is 2.33. The normalized spacial score (nSPS) is 12.9. The van der Waals surface area contributed by atoms with Gasteiger partial charge in [0, 0.05) is 0 Å². The molecule has 3 aromatic rings. The summed E-state index contributed by atoms with van der Waals surface area (Å²) in [7, 11) is 0. The Balaban J connectivity index is 0.000000283. The highest BCUT2D eigenvalue weighted by molar-refractivity contribution is 6.08. The third-order valence-electron chi connectivity index (χ3n) is 5.21. The van der Waals surface area contributed by atoms with Crippen molar-refractivity contribution in [1.82, 2.24) is 0 Å². The Hall–Kier alpha value is -1.53. The molecule has 0 spiro atoms. The van der Waals surface area contributed by atoms with Gasteiger partial charge < -0.3 is 0 Å². The molecule has 0 saturated carbocycles. The van der Waals surface area contributed by atoms with Crippen molar-refractivity contribution < 1.29 is 0 Å². The van der Waals surface area contributed by atoms with Crippen molar-refractivity contribution in [2.24, 2.45) is 0 Å². The lowest BCUT2D eigenvalue weighted by Gasteiger charge is -2.18. The molecular formula is C24H31Cl. The molecule has 1 aliphatic rings. The summed E-state index contributed by atoms with van der Waals surface area (Å²) in [5.41, 5.74) is 3.17. The Labute approximate surface area is 159 Å². The number of hydrogen-bond donors (Lipinski definition) is 0. The standard InChI is InChI=1S/C18H16.C6H14.ClH/c1-3-7-15-13(5-1)9-11-18-16-8-4-2-6-14(16)10-12-17(15)18;1-3-5-6-4-2;/h1,3,5,7,9-12H,2,4,6,8H2;3-6H2,1-2H3;1H. The van der Waals surface area contributed by atoms with Gasteiger partial charge in [-0.2, -0.15) is 0 Å². The molecule has 134 valence electrons. The second-order valence-electron chi connectivity index (χ2n) is 7.00. The monoisotopic (exact) mass is 354 g/mol. The van der Waals surface area contributed by atoms with E-state index in [0.29, 0.717) is 0 Å². The van der Waals surface area contributed by atoms with Gasteiger partial charge in [0.15, 0.2) is 0 Å². The molecule has 0 N–H and O–H groups in total. The maximum absolute atomic E-state index is 2.35. The first-order valence-corrected chi connectivity index (χ1v) is 9.77. The third kappa shape index (κ3) is 4.55. The first-order valence-electron chi connectivity index (χ1n) is 9.77. The molecule has 0 radical (unpaired) electrons. The lowest BCUT2D eigenvalue weighted by Crippen LogP contribution is -2.02. The van der Waals surface area contributed by atoms with Crippen LogP contribution in [-0.4, -0.2) is 0 Å². The van der Waals surface area contributed by atoms with E-state index in [4.69, 9.17) is 0 Å². The van der Waals surface area contributed by atoms with Gasteiger partial charge in [-0.1, -0.05) is 88.1 Å². The second-order valence-corrected chi connectivity index (χ2v) is 7.00. The van der Waals surface area contributed by atoms with Gasteiger partial charge in [0.05, 0.1) is 0 Å². The van der Waals surface area contributed by atoms with Crippen LogP contribution >= 0.6 is 12.4 Å². The first kappa shape index (κ1) is 19.8. The van der Waals surface area contributed by atoms with E-state index in [-0.39, 0.29) is 12.4 Å². The van der Waals surface area contributed by atoms with Crippen molar-refractivity contribution in [1.29, 1.82) is 0 Å². The molecule has 4 rings (SSSR count). The van der Waals surface area contributed by atoms with Crippen LogP contribution < -0.4 is 0 Å². The summed E-state index contributed by atoms with van der Waals surface area (Å²) in [6, 6.07) is 18.0. The zero-order valence-electron chi connectivity index (χ0n) is 15.7. The molecule has 0 saturated heterocycles. The van der Waals surface area contributed by atoms with E-state index in [0.717, 1.165) is 0 Å². The van der Waals surface area contributed by atoms with Crippen LogP contribution in [0.5, 0.6) is 0 Å². The zero-order valence-corrected chi connectivity index (χ0v) is 16.5. The molecule has 0 fully saturated rings. The highest BCUT2D eigenvalue weighted by Gasteiger charge is 2.13. The van der Waals surface area contributed by atoms with Crippen molar-refractivity contribution in [3.8, 4) is 0 Å². The fourth-order valence-electron chi connectivity index (χ4n) is 3.84. The number of benzene rings is 3. The van der Waals surface area contributed by atoms with Crippen molar-refractivity contribution >= 4 is 34.0 Å². The van der Waals surface area contributed by atoms with E-state index in [1.54, 1.807) is 11.1 Å². The molecule has 0 aliphatic heterocycles. The van der Waals surface area contributed by atoms with Crippen molar-refractivity contribution in [3.63, 3.8) is 0 Å². The van der Waals surface area contributed by atoms with E-state index >= 15 is 0 Å². The van der Waals surface area contributed by atoms with Gasteiger partial charge >= 0.3 is 0 Å². The molecule has 0 atom stereocenters. The van der Waals surface area contributed by atoms with E-state index < -0.39 is 0 Å². The fourth-order valence-corrected chi connectivity index (χ4v) is 3.84. The van der Waals surface area contributed by atoms with Gasteiger partial charge in [0.25, 0.3) is 0 Å². The summed E-state index contributed by atoms with van der Waals surface area (Å²) >= 11 is 0. The Morgan fingerprint density at radius 2 is 1.36 bits per heavy atom. The average molecular weight is 355 g/mol. The molecule has 1 heteroatoms. The molecule has 0 heterocycles. The topological polar surface area (TPSA) is 0 Å². The van der Waals surface area contributed by atoms with E-state index in [9.17, 15) is 0 Å². The minimum absolute atomic E-state index is 0. The smallest absolute Gasteiger partial charge is 0.0102 e. The Morgan fingerprint density at radius 3 is 2.12 bits per heavy atom. The summed E-state index contributed by atoms with van der Waals surface area (Å²) in [5, 5.41) is 5.64. The molecule has 0 nitrogen and oxygen atoms in total. The number of fused-ring (bicyclic) bond motifs is 5. The van der Waals surface area contributed by atoms with E-state index in [1.807, 2.05) is 0 Å². The minimum atomic E-state index is 0. The molecule has 0 bridgehead atoms. The lowest BCUT2D eigenvalue weighted by atomic mass is 9.86. The quantitative estimate of drug-likeness (QED) is 0.331. The van der Waals surface area contributed by atoms with Crippen LogP contribution in [-0.2, 0) is 12.8 Å². The summed E-state index contributed by atoms with van der Waals surface area (Å²) in [5.74, 6) is 0. The minimum Gasteiger partial charge on any atom is -0.147 e. The number of aryl methyl sites for hydroxylation is 2. The van der Waals surface area contributed by atoms with Gasteiger partial charge in [-0.15, -0.1) is 12.4 Å². The molecule has 0 unspecified atom stereocenters. The van der Waals surface area contributed by atoms with E-state index in [1.165, 1.54) is 72.9 Å². The van der Waals surface area contributed by atoms with Crippen LogP contribution in [0.3, 0.4) is 0 Å². The number of unbranched alkanes of at least 4 members (excludes halogenated alkanes) is 3. The van der Waals surface area contributed by atoms with Crippen LogP contribution in [0.4, 0.5) is 0 Å². The van der Waals surface area contributed by atoms with Gasteiger partial charge in [0.2, 0.25) is 0 Å². The van der Waals surface area contributed by atoms with Crippen LogP contribution in [0.2, 0.25) is 0 Å². The van der Waals surface area contributed by atoms with Gasteiger partial charge in [-0.3, -0.25) is 0 Å². The molecule has 0 amide bonds. The van der Waals surface area contributed by atoms with Crippen LogP contribution in [0.25, 0.3) is 21.5 Å². The SMILES string of the molecule is CCCCCC.Cl.c1ccc2c(c1)ccc1c3c(ccc12)CCCC3. The Bertz CT molecular complexity index is 800. The van der Waals surface area contributed by atoms with Crippen molar-refractivity contribution in [3.05, 3.63) is 59.7 Å². The first-order chi connectivity index (χ1) is 11.8. The fraction of sp³-hybridized carbons (Fsp3) is 0.417. The van der Waals surface area contributed by atoms with Crippen molar-refractivity contribution in [2.45, 2.75) is 65.2 Å². The lowest BCUT2D eigenvalue weighted by molar-refractivity contribution is 0.690. The molecule has 25 heavy (non-hydrogen) atoms. The molecular weight excluding hydrogens is 324 g/mol. The number of rotatable bonds is 3. The summed E-state index contributed by atoms with van der Waals surface area (Å²) in [6.07, 6.45) is 10.8. The highest BCUT2D eigenvalue weighted by atomic mass is 35.5. The predicted octanol–water partition coefficient (Wildman–Crippen LogP) is 7.88. The Morgan fingerprint density at radius 1 is 0.680 bits per heavy atom.